The summed E-state index contributed by atoms with van der Waals surface area (Å²) >= 11 is 0. The molecule has 0 aliphatic carbocycles. The van der Waals surface area contributed by atoms with Crippen molar-refractivity contribution in [2.45, 2.75) is 45.6 Å². The van der Waals surface area contributed by atoms with Gasteiger partial charge in [-0.05, 0) is 26.8 Å². The Bertz CT molecular complexity index is 600. The van der Waals surface area contributed by atoms with Crippen LogP contribution in [0.2, 0.25) is 0 Å². The molecule has 1 aliphatic rings. The molecule has 0 aromatic carbocycles. The van der Waals surface area contributed by atoms with Gasteiger partial charge in [0.15, 0.2) is 5.69 Å². The number of aromatic nitrogens is 2. The molecule has 5 nitrogen and oxygen atoms in total. The normalized spacial score (nSPS) is 15.5. The molecule has 0 fully saturated rings. The van der Waals surface area contributed by atoms with Gasteiger partial charge in [-0.3, -0.25) is 4.90 Å². The van der Waals surface area contributed by atoms with Crippen LogP contribution in [0.4, 0.5) is 18.0 Å². The van der Waals surface area contributed by atoms with Gasteiger partial charge < -0.3 is 9.30 Å². The maximum atomic E-state index is 13.0. The molecule has 0 unspecified atom stereocenters. The van der Waals surface area contributed by atoms with Gasteiger partial charge in [-0.1, -0.05) is 6.58 Å². The van der Waals surface area contributed by atoms with Gasteiger partial charge in [0.25, 0.3) is 0 Å². The van der Waals surface area contributed by atoms with E-state index < -0.39 is 23.6 Å². The summed E-state index contributed by atoms with van der Waals surface area (Å²) in [5.41, 5.74) is -1.69. The molecule has 0 bridgehead atoms. The van der Waals surface area contributed by atoms with Crippen LogP contribution in [-0.2, 0) is 24.0 Å². The minimum absolute atomic E-state index is 0.0220. The predicted molar refractivity (Wildman–Crippen MR) is 74.0 cm³/mol. The van der Waals surface area contributed by atoms with E-state index in [9.17, 15) is 18.0 Å². The van der Waals surface area contributed by atoms with E-state index in [1.807, 2.05) is 0 Å². The second-order valence-electron chi connectivity index (χ2n) is 6.02. The average Bonchev–Trinajstić information content (AvgIpc) is 2.73. The molecule has 0 radical (unpaired) electrons. The number of hydrogen-bond acceptors (Lipinski definition) is 3. The minimum Gasteiger partial charge on any atom is -0.444 e. The second kappa shape index (κ2) is 5.33. The lowest BCUT2D eigenvalue weighted by Gasteiger charge is -2.30. The lowest BCUT2D eigenvalue weighted by Crippen LogP contribution is -2.41. The van der Waals surface area contributed by atoms with Gasteiger partial charge in [-0.2, -0.15) is 13.2 Å². The molecule has 1 aromatic rings. The van der Waals surface area contributed by atoms with Crippen molar-refractivity contribution in [1.29, 1.82) is 0 Å². The van der Waals surface area contributed by atoms with Gasteiger partial charge in [0.05, 0.1) is 12.2 Å². The van der Waals surface area contributed by atoms with E-state index in [0.29, 0.717) is 0 Å². The number of carbonyl (C=O) groups is 1. The first kappa shape index (κ1) is 16.4. The Morgan fingerprint density at radius 3 is 2.45 bits per heavy atom. The van der Waals surface area contributed by atoms with Crippen molar-refractivity contribution in [1.82, 2.24) is 14.5 Å². The largest absolute Gasteiger partial charge is 0.444 e. The highest BCUT2D eigenvalue weighted by Crippen LogP contribution is 2.33. The molecule has 0 N–H and O–H groups in total. The van der Waals surface area contributed by atoms with E-state index in [1.54, 1.807) is 20.8 Å². The Hall–Kier alpha value is -1.99. The van der Waals surface area contributed by atoms with Gasteiger partial charge >= 0.3 is 12.3 Å². The third-order valence-corrected chi connectivity index (χ3v) is 3.13. The van der Waals surface area contributed by atoms with Gasteiger partial charge in [0.1, 0.15) is 11.4 Å². The van der Waals surface area contributed by atoms with Crippen molar-refractivity contribution in [2.24, 2.45) is 0 Å². The number of imidazole rings is 1. The van der Waals surface area contributed by atoms with Crippen LogP contribution in [0.25, 0.3) is 6.08 Å². The second-order valence-corrected chi connectivity index (χ2v) is 6.02. The Balaban J connectivity index is 2.26. The maximum absolute atomic E-state index is 13.0. The van der Waals surface area contributed by atoms with E-state index in [1.165, 1.54) is 9.47 Å². The average molecular weight is 317 g/mol. The van der Waals surface area contributed by atoms with E-state index in [2.05, 4.69) is 11.6 Å². The van der Waals surface area contributed by atoms with Crippen LogP contribution < -0.4 is 0 Å². The SMILES string of the molecule is C=Cc1c(C(F)(F)F)nc2n1CCN(C(=O)OC(C)(C)C)C2. The Labute approximate surface area is 126 Å². The standard InChI is InChI=1S/C14H18F3N3O2/c1-5-9-11(14(15,16)17)18-10-8-19(6-7-20(9)10)12(21)22-13(2,3)4/h5H,1,6-8H2,2-4H3. The fourth-order valence-corrected chi connectivity index (χ4v) is 2.25. The smallest absolute Gasteiger partial charge is 0.435 e. The Kier molecular flexibility index (Phi) is 3.97. The summed E-state index contributed by atoms with van der Waals surface area (Å²) in [6.07, 6.45) is -3.97. The molecule has 1 aromatic heterocycles. The fraction of sp³-hybridized carbons (Fsp3) is 0.571. The van der Waals surface area contributed by atoms with Crippen molar-refractivity contribution < 1.29 is 22.7 Å². The lowest BCUT2D eigenvalue weighted by atomic mass is 10.2. The summed E-state index contributed by atoms with van der Waals surface area (Å²) in [7, 11) is 0. The molecule has 0 saturated carbocycles. The van der Waals surface area contributed by atoms with E-state index in [-0.39, 0.29) is 31.2 Å². The molecule has 0 spiro atoms. The highest BCUT2D eigenvalue weighted by molar-refractivity contribution is 5.68. The number of hydrogen-bond donors (Lipinski definition) is 0. The third-order valence-electron chi connectivity index (χ3n) is 3.13. The maximum Gasteiger partial charge on any atom is 0.435 e. The summed E-state index contributed by atoms with van der Waals surface area (Å²) < 4.78 is 45.6. The molecule has 0 saturated heterocycles. The van der Waals surface area contributed by atoms with Gasteiger partial charge in [-0.15, -0.1) is 0 Å². The Morgan fingerprint density at radius 2 is 1.95 bits per heavy atom. The molecule has 2 rings (SSSR count). The molecular weight excluding hydrogens is 299 g/mol. The third kappa shape index (κ3) is 3.26. The summed E-state index contributed by atoms with van der Waals surface area (Å²) in [6.45, 7) is 9.07. The fourth-order valence-electron chi connectivity index (χ4n) is 2.25. The quantitative estimate of drug-likeness (QED) is 0.798. The number of ether oxygens (including phenoxy) is 1. The van der Waals surface area contributed by atoms with E-state index >= 15 is 0 Å². The Morgan fingerprint density at radius 1 is 1.32 bits per heavy atom. The molecule has 1 aliphatic heterocycles. The van der Waals surface area contributed by atoms with E-state index in [0.717, 1.165) is 6.08 Å². The predicted octanol–water partition coefficient (Wildman–Crippen LogP) is 3.30. The number of fused-ring (bicyclic) bond motifs is 1. The van der Waals surface area contributed by atoms with Crippen LogP contribution in [0.3, 0.4) is 0 Å². The number of nitrogens with zero attached hydrogens (tertiary/aromatic N) is 3. The van der Waals surface area contributed by atoms with Crippen LogP contribution in [0.1, 0.15) is 38.0 Å². The van der Waals surface area contributed by atoms with Gasteiger partial charge in [0, 0.05) is 13.1 Å². The summed E-state index contributed by atoms with van der Waals surface area (Å²) in [5.74, 6) is 0.180. The van der Waals surface area contributed by atoms with Crippen LogP contribution >= 0.6 is 0 Å². The summed E-state index contributed by atoms with van der Waals surface area (Å²) in [6, 6.07) is 0. The summed E-state index contributed by atoms with van der Waals surface area (Å²) in [5, 5.41) is 0. The number of amides is 1. The number of halogens is 3. The zero-order valence-corrected chi connectivity index (χ0v) is 12.7. The van der Waals surface area contributed by atoms with Crippen LogP contribution in [-0.4, -0.2) is 32.7 Å². The minimum atomic E-state index is -4.55. The number of carbonyl (C=O) groups excluding carboxylic acids is 1. The van der Waals surface area contributed by atoms with Crippen molar-refractivity contribution in [3.05, 3.63) is 23.8 Å². The molecule has 0 atom stereocenters. The number of rotatable bonds is 1. The van der Waals surface area contributed by atoms with Crippen molar-refractivity contribution in [3.63, 3.8) is 0 Å². The van der Waals surface area contributed by atoms with Crippen molar-refractivity contribution >= 4 is 12.2 Å². The lowest BCUT2D eigenvalue weighted by molar-refractivity contribution is -0.141. The van der Waals surface area contributed by atoms with Gasteiger partial charge in [0.2, 0.25) is 0 Å². The first-order valence-corrected chi connectivity index (χ1v) is 6.80. The number of alkyl halides is 3. The highest BCUT2D eigenvalue weighted by Gasteiger charge is 2.39. The monoisotopic (exact) mass is 317 g/mol. The molecular formula is C14H18F3N3O2. The van der Waals surface area contributed by atoms with Crippen LogP contribution in [0.5, 0.6) is 0 Å². The first-order chi connectivity index (χ1) is 10.0. The molecule has 122 valence electrons. The van der Waals surface area contributed by atoms with E-state index in [4.69, 9.17) is 4.74 Å². The highest BCUT2D eigenvalue weighted by atomic mass is 19.4. The van der Waals surface area contributed by atoms with Gasteiger partial charge in [-0.25, -0.2) is 9.78 Å². The molecule has 1 amide bonds. The zero-order valence-electron chi connectivity index (χ0n) is 12.7. The molecule has 22 heavy (non-hydrogen) atoms. The first-order valence-electron chi connectivity index (χ1n) is 6.80. The molecule has 8 heteroatoms. The van der Waals surface area contributed by atoms with Crippen LogP contribution in [0.15, 0.2) is 6.58 Å². The van der Waals surface area contributed by atoms with Crippen molar-refractivity contribution in [3.8, 4) is 0 Å². The summed E-state index contributed by atoms with van der Waals surface area (Å²) in [4.78, 5) is 17.0. The zero-order chi connectivity index (χ0) is 16.7. The van der Waals surface area contributed by atoms with Crippen LogP contribution in [0, 0.1) is 0 Å². The topological polar surface area (TPSA) is 47.4 Å². The molecule has 2 heterocycles. The van der Waals surface area contributed by atoms with Crippen molar-refractivity contribution in [2.75, 3.05) is 6.54 Å².